The van der Waals surface area contributed by atoms with Gasteiger partial charge >= 0.3 is 0 Å². The molecule has 5 amide bonds. The van der Waals surface area contributed by atoms with Gasteiger partial charge in [-0.05, 0) is 32.1 Å². The Kier molecular flexibility index (Phi) is 32.8. The highest BCUT2D eigenvalue weighted by Gasteiger charge is 2.39. The lowest BCUT2D eigenvalue weighted by atomic mass is 9.82. The van der Waals surface area contributed by atoms with Crippen molar-refractivity contribution in [1.29, 1.82) is 0 Å². The first-order chi connectivity index (χ1) is 30.2. The van der Waals surface area contributed by atoms with Gasteiger partial charge in [0, 0.05) is 47.3 Å². The van der Waals surface area contributed by atoms with E-state index >= 15 is 0 Å². The molecule has 0 saturated carbocycles. The second-order valence-corrected chi connectivity index (χ2v) is 17.5. The molecule has 0 radical (unpaired) electrons. The molecule has 19 heteroatoms. The largest absolute Gasteiger partial charge is 0.379 e. The number of likely N-dealkylation sites (tertiary alicyclic amines) is 1. The van der Waals surface area contributed by atoms with Crippen LogP contribution in [0.15, 0.2) is 0 Å². The van der Waals surface area contributed by atoms with Gasteiger partial charge in [0.05, 0.1) is 117 Å². The topological polar surface area (TPSA) is 216 Å². The molecule has 18 nitrogen and oxygen atoms in total. The van der Waals surface area contributed by atoms with Gasteiger partial charge < -0.3 is 53.8 Å². The zero-order valence-electron chi connectivity index (χ0n) is 39.4. The van der Waals surface area contributed by atoms with Crippen molar-refractivity contribution >= 4 is 47.1 Å². The molecule has 0 aromatic heterocycles. The average molecular weight is 927 g/mol. The number of nitrogens with zero attached hydrogens (tertiary/aromatic N) is 1. The molecular formula is C44H86N4O14S. The van der Waals surface area contributed by atoms with Crippen LogP contribution < -0.4 is 16.0 Å². The van der Waals surface area contributed by atoms with Gasteiger partial charge in [-0.25, -0.2) is 0 Å². The van der Waals surface area contributed by atoms with E-state index in [1.54, 1.807) is 18.7 Å². The summed E-state index contributed by atoms with van der Waals surface area (Å²) in [6.07, 6.45) is 2.93. The van der Waals surface area contributed by atoms with Crippen molar-refractivity contribution in [2.45, 2.75) is 116 Å². The van der Waals surface area contributed by atoms with E-state index in [9.17, 15) is 28.8 Å². The minimum atomic E-state index is -0.757. The van der Waals surface area contributed by atoms with Crippen LogP contribution in [0.25, 0.3) is 0 Å². The van der Waals surface area contributed by atoms with Crippen LogP contribution >= 0.6 is 11.8 Å². The van der Waals surface area contributed by atoms with Crippen LogP contribution in [0.4, 0.5) is 0 Å². The number of Topliss-reactive ketones (excluding diaryl/α,β-unsaturated/α-hetero) is 1. The van der Waals surface area contributed by atoms with Gasteiger partial charge in [-0.3, -0.25) is 33.7 Å². The van der Waals surface area contributed by atoms with Crippen LogP contribution in [0.3, 0.4) is 0 Å². The molecule has 1 rings (SSSR count). The number of thioether (sulfide) groups is 1. The predicted molar refractivity (Wildman–Crippen MR) is 246 cm³/mol. The Labute approximate surface area is 384 Å². The SMILES string of the molecule is CCC(CC)SC1CC(=O)N(CCC(=O)NCCOCCOCCOCCOCCOCCOCCOCCOCCC(=O)N[C@@H](C(=O)N[C@H](C)C(=O)C(C)(C)CC)C(C)C)C1=O.[HH].[HH].[HH]. The molecule has 1 aliphatic rings. The molecule has 1 aliphatic heterocycles. The van der Waals surface area contributed by atoms with Crippen LogP contribution in [0.1, 0.15) is 98.2 Å². The number of imide groups is 1. The molecule has 3 N–H and O–H groups in total. The standard InChI is InChI=1S/C44H80N4O14S.3H2/c1-9-35(10-2)63-36-32-39(51)48(43(36)54)15-12-37(49)45-14-17-56-19-21-58-23-25-60-27-29-62-31-30-61-28-26-59-24-22-57-20-18-55-16-13-38(50)47-40(33(4)5)42(53)46-34(6)41(52)44(7,8)11-3;;;/h33-36,40H,9-32H2,1-8H3,(H,45,49)(H,46,53)(H,47,50);3*1H/t34-,36?,40-;;;/m1.../s1. The Bertz CT molecular complexity index is 1320. The third-order valence-corrected chi connectivity index (χ3v) is 12.0. The van der Waals surface area contributed by atoms with Crippen LogP contribution in [0.2, 0.25) is 0 Å². The molecule has 1 heterocycles. The summed E-state index contributed by atoms with van der Waals surface area (Å²) >= 11 is 1.57. The minimum absolute atomic E-state index is 0. The maximum absolute atomic E-state index is 12.8. The fraction of sp³-hybridized carbons (Fsp3) is 0.864. The molecule has 0 bridgehead atoms. The van der Waals surface area contributed by atoms with Crippen molar-refractivity contribution in [3.63, 3.8) is 0 Å². The van der Waals surface area contributed by atoms with Gasteiger partial charge in [0.15, 0.2) is 5.78 Å². The normalized spacial score (nSPS) is 15.3. The van der Waals surface area contributed by atoms with E-state index in [1.807, 2.05) is 34.6 Å². The van der Waals surface area contributed by atoms with E-state index in [2.05, 4.69) is 29.8 Å². The molecule has 1 fully saturated rings. The van der Waals surface area contributed by atoms with Gasteiger partial charge in [-0.15, -0.1) is 11.8 Å². The number of hydrogen-bond donors (Lipinski definition) is 3. The van der Waals surface area contributed by atoms with Crippen LogP contribution in [-0.4, -0.2) is 182 Å². The summed E-state index contributed by atoms with van der Waals surface area (Å²) in [5.41, 5.74) is -0.542. The molecule has 0 aromatic rings. The number of ether oxygens (including phenoxy) is 8. The lowest BCUT2D eigenvalue weighted by molar-refractivity contribution is -0.138. The van der Waals surface area contributed by atoms with Crippen molar-refractivity contribution in [3.05, 3.63) is 0 Å². The fourth-order valence-corrected chi connectivity index (χ4v) is 7.32. The molecule has 0 spiro atoms. The Morgan fingerprint density at radius 3 is 1.54 bits per heavy atom. The highest BCUT2D eigenvalue weighted by molar-refractivity contribution is 8.01. The van der Waals surface area contributed by atoms with Gasteiger partial charge in [0.2, 0.25) is 29.5 Å². The molecule has 3 atom stereocenters. The van der Waals surface area contributed by atoms with Crippen molar-refractivity contribution in [2.24, 2.45) is 11.3 Å². The Hall–Kier alpha value is -2.75. The highest BCUT2D eigenvalue weighted by Crippen LogP contribution is 2.31. The maximum atomic E-state index is 12.8. The zero-order valence-corrected chi connectivity index (χ0v) is 40.2. The van der Waals surface area contributed by atoms with Crippen LogP contribution in [0, 0.1) is 11.3 Å². The molecule has 0 aromatic carbocycles. The Morgan fingerprint density at radius 2 is 1.11 bits per heavy atom. The lowest BCUT2D eigenvalue weighted by Crippen LogP contribution is -2.54. The molecule has 1 unspecified atom stereocenters. The van der Waals surface area contributed by atoms with E-state index in [0.29, 0.717) is 117 Å². The van der Waals surface area contributed by atoms with Crippen molar-refractivity contribution in [3.8, 4) is 0 Å². The second kappa shape index (κ2) is 35.5. The maximum Gasteiger partial charge on any atom is 0.243 e. The molecule has 63 heavy (non-hydrogen) atoms. The van der Waals surface area contributed by atoms with Crippen molar-refractivity contribution < 1.29 is 70.9 Å². The average Bonchev–Trinajstić information content (AvgIpc) is 3.52. The number of amides is 5. The van der Waals surface area contributed by atoms with Crippen molar-refractivity contribution in [1.82, 2.24) is 20.9 Å². The highest BCUT2D eigenvalue weighted by atomic mass is 32.2. The number of nitrogens with one attached hydrogen (secondary N) is 3. The van der Waals surface area contributed by atoms with E-state index < -0.39 is 17.5 Å². The van der Waals surface area contributed by atoms with E-state index in [0.717, 1.165) is 12.8 Å². The van der Waals surface area contributed by atoms with Crippen molar-refractivity contribution in [2.75, 3.05) is 119 Å². The quantitative estimate of drug-likeness (QED) is 0.0592. The van der Waals surface area contributed by atoms with Crippen LogP contribution in [0.5, 0.6) is 0 Å². The van der Waals surface area contributed by atoms with Gasteiger partial charge in [-0.1, -0.05) is 48.5 Å². The smallest absolute Gasteiger partial charge is 0.243 e. The first-order valence-electron chi connectivity index (χ1n) is 22.7. The summed E-state index contributed by atoms with van der Waals surface area (Å²) in [7, 11) is 0. The summed E-state index contributed by atoms with van der Waals surface area (Å²) in [5, 5.41) is 8.28. The van der Waals surface area contributed by atoms with E-state index in [4.69, 9.17) is 37.9 Å². The summed E-state index contributed by atoms with van der Waals surface area (Å²) in [4.78, 5) is 76.3. The first kappa shape index (κ1) is 58.3. The van der Waals surface area contributed by atoms with Gasteiger partial charge in [0.1, 0.15) is 6.04 Å². The summed E-state index contributed by atoms with van der Waals surface area (Å²) < 4.78 is 43.9. The second-order valence-electron chi connectivity index (χ2n) is 16.0. The van der Waals surface area contributed by atoms with Gasteiger partial charge in [0.25, 0.3) is 0 Å². The first-order valence-corrected chi connectivity index (χ1v) is 23.6. The number of hydrogen-bond acceptors (Lipinski definition) is 15. The zero-order chi connectivity index (χ0) is 46.9. The van der Waals surface area contributed by atoms with Gasteiger partial charge in [-0.2, -0.15) is 0 Å². The Balaban J connectivity index is -0.0000132. The number of rotatable bonds is 41. The van der Waals surface area contributed by atoms with Crippen LogP contribution in [-0.2, 0) is 66.7 Å². The predicted octanol–water partition coefficient (Wildman–Crippen LogP) is 3.45. The molecular weight excluding hydrogens is 841 g/mol. The lowest BCUT2D eigenvalue weighted by Gasteiger charge is -2.28. The third-order valence-electron chi connectivity index (χ3n) is 10.2. The summed E-state index contributed by atoms with van der Waals surface area (Å²) in [6.45, 7) is 21.7. The molecule has 372 valence electrons. The molecule has 1 saturated heterocycles. The Morgan fingerprint density at radius 1 is 0.667 bits per heavy atom. The third kappa shape index (κ3) is 26.7. The summed E-state index contributed by atoms with van der Waals surface area (Å²) in [5.74, 6) is -1.52. The fourth-order valence-electron chi connectivity index (χ4n) is 5.99. The minimum Gasteiger partial charge on any atom is -0.379 e. The number of carbonyl (C=O) groups is 6. The molecule has 0 aliphatic carbocycles. The monoisotopic (exact) mass is 927 g/mol. The summed E-state index contributed by atoms with van der Waals surface area (Å²) in [6, 6.07) is -1.41. The number of ketones is 1. The van der Waals surface area contributed by atoms with E-state index in [1.165, 1.54) is 4.90 Å². The number of carbonyl (C=O) groups excluding carboxylic acids is 6. The van der Waals surface area contributed by atoms with E-state index in [-0.39, 0.29) is 83.2 Å².